The van der Waals surface area contributed by atoms with Gasteiger partial charge in [-0.25, -0.2) is 8.42 Å². The van der Waals surface area contributed by atoms with Crippen molar-refractivity contribution in [1.29, 1.82) is 0 Å². The van der Waals surface area contributed by atoms with E-state index in [0.717, 1.165) is 37.9 Å². The van der Waals surface area contributed by atoms with Gasteiger partial charge in [0.25, 0.3) is 0 Å². The maximum Gasteiger partial charge on any atom is 0.222 e. The molecule has 126 valence electrons. The smallest absolute Gasteiger partial charge is 0.222 e. The molecule has 1 unspecified atom stereocenters. The Balaban J connectivity index is 1.68. The Morgan fingerprint density at radius 1 is 1.17 bits per heavy atom. The molecular formula is C17H23NO4S. The van der Waals surface area contributed by atoms with E-state index >= 15 is 0 Å². The molecular weight excluding hydrogens is 314 g/mol. The van der Waals surface area contributed by atoms with E-state index in [9.17, 15) is 13.2 Å². The molecule has 1 atom stereocenters. The molecule has 0 aromatic heterocycles. The highest BCUT2D eigenvalue weighted by Crippen LogP contribution is 2.36. The van der Waals surface area contributed by atoms with Crippen LogP contribution in [0.15, 0.2) is 29.2 Å². The number of carbonyl (C=O) groups is 1. The van der Waals surface area contributed by atoms with Gasteiger partial charge in [-0.15, -0.1) is 0 Å². The third-order valence-electron chi connectivity index (χ3n) is 4.89. The van der Waals surface area contributed by atoms with Crippen LogP contribution in [0.2, 0.25) is 0 Å². The molecule has 2 aliphatic rings. The van der Waals surface area contributed by atoms with E-state index in [1.54, 1.807) is 24.3 Å². The molecule has 1 aromatic rings. The van der Waals surface area contributed by atoms with E-state index in [1.165, 1.54) is 6.26 Å². The van der Waals surface area contributed by atoms with Crippen LogP contribution in [0.4, 0.5) is 0 Å². The van der Waals surface area contributed by atoms with Gasteiger partial charge in [0.05, 0.1) is 10.5 Å². The lowest BCUT2D eigenvalue weighted by molar-refractivity contribution is -0.131. The average molecular weight is 337 g/mol. The molecule has 0 aliphatic carbocycles. The van der Waals surface area contributed by atoms with Crippen molar-refractivity contribution >= 4 is 15.7 Å². The normalized spacial score (nSPS) is 25.8. The third kappa shape index (κ3) is 3.75. The molecule has 1 amide bonds. The minimum atomic E-state index is -3.18. The summed E-state index contributed by atoms with van der Waals surface area (Å²) in [6.45, 7) is 2.03. The minimum Gasteiger partial charge on any atom is -0.375 e. The highest BCUT2D eigenvalue weighted by Gasteiger charge is 2.38. The van der Waals surface area contributed by atoms with Crippen LogP contribution >= 0.6 is 0 Å². The molecule has 1 spiro atoms. The van der Waals surface area contributed by atoms with Crippen LogP contribution in [-0.2, 0) is 25.9 Å². The molecule has 23 heavy (non-hydrogen) atoms. The van der Waals surface area contributed by atoms with Gasteiger partial charge in [-0.3, -0.25) is 4.79 Å². The number of ether oxygens (including phenoxy) is 1. The Labute approximate surface area is 137 Å². The van der Waals surface area contributed by atoms with Crippen molar-refractivity contribution in [3.63, 3.8) is 0 Å². The lowest BCUT2D eigenvalue weighted by Gasteiger charge is -2.26. The number of rotatable bonds is 3. The zero-order valence-electron chi connectivity index (χ0n) is 13.5. The van der Waals surface area contributed by atoms with Gasteiger partial charge >= 0.3 is 0 Å². The van der Waals surface area contributed by atoms with Crippen LogP contribution < -0.4 is 0 Å². The highest BCUT2D eigenvalue weighted by molar-refractivity contribution is 7.90. The second-order valence-electron chi connectivity index (χ2n) is 6.62. The first-order chi connectivity index (χ1) is 10.9. The van der Waals surface area contributed by atoms with Crippen LogP contribution in [0.25, 0.3) is 0 Å². The fourth-order valence-electron chi connectivity index (χ4n) is 3.46. The number of nitrogens with zero attached hydrogens (tertiary/aromatic N) is 1. The molecule has 5 nitrogen and oxygen atoms in total. The largest absolute Gasteiger partial charge is 0.375 e. The van der Waals surface area contributed by atoms with Gasteiger partial charge in [0, 0.05) is 32.4 Å². The molecule has 2 heterocycles. The second kappa shape index (κ2) is 6.24. The molecule has 3 rings (SSSR count). The summed E-state index contributed by atoms with van der Waals surface area (Å²) in [7, 11) is -3.18. The SMILES string of the molecule is CS(=O)(=O)c1ccc(CN2CCC3(CCCO3)CCC2=O)cc1. The summed E-state index contributed by atoms with van der Waals surface area (Å²) in [6, 6.07) is 6.79. The van der Waals surface area contributed by atoms with E-state index in [4.69, 9.17) is 4.74 Å². The quantitative estimate of drug-likeness (QED) is 0.848. The van der Waals surface area contributed by atoms with Gasteiger partial charge in [-0.2, -0.15) is 0 Å². The predicted octanol–water partition coefficient (Wildman–Crippen LogP) is 2.15. The molecule has 2 saturated heterocycles. The van der Waals surface area contributed by atoms with Gasteiger partial charge in [-0.05, 0) is 43.4 Å². The summed E-state index contributed by atoms with van der Waals surface area (Å²) in [5.74, 6) is 0.157. The Hall–Kier alpha value is -1.40. The number of carbonyl (C=O) groups excluding carboxylic acids is 1. The van der Waals surface area contributed by atoms with Crippen LogP contribution in [0, 0.1) is 0 Å². The van der Waals surface area contributed by atoms with E-state index in [0.29, 0.717) is 24.4 Å². The van der Waals surface area contributed by atoms with Crippen molar-refractivity contribution in [3.05, 3.63) is 29.8 Å². The van der Waals surface area contributed by atoms with Crippen molar-refractivity contribution in [2.45, 2.75) is 49.1 Å². The molecule has 1 aromatic carbocycles. The summed E-state index contributed by atoms with van der Waals surface area (Å²) in [6.07, 6.45) is 5.57. The summed E-state index contributed by atoms with van der Waals surface area (Å²) >= 11 is 0. The first-order valence-corrected chi connectivity index (χ1v) is 9.98. The van der Waals surface area contributed by atoms with Gasteiger partial charge < -0.3 is 9.64 Å². The Bertz CT molecular complexity index is 675. The van der Waals surface area contributed by atoms with Gasteiger partial charge in [-0.1, -0.05) is 12.1 Å². The number of hydrogen-bond donors (Lipinski definition) is 0. The predicted molar refractivity (Wildman–Crippen MR) is 86.7 cm³/mol. The second-order valence-corrected chi connectivity index (χ2v) is 8.63. The maximum atomic E-state index is 12.4. The maximum absolute atomic E-state index is 12.4. The van der Waals surface area contributed by atoms with E-state index in [-0.39, 0.29) is 11.5 Å². The number of likely N-dealkylation sites (tertiary alicyclic amines) is 1. The van der Waals surface area contributed by atoms with E-state index < -0.39 is 9.84 Å². The molecule has 0 radical (unpaired) electrons. The summed E-state index contributed by atoms with van der Waals surface area (Å²) < 4.78 is 28.9. The van der Waals surface area contributed by atoms with Crippen molar-refractivity contribution in [3.8, 4) is 0 Å². The molecule has 2 fully saturated rings. The van der Waals surface area contributed by atoms with E-state index in [2.05, 4.69) is 0 Å². The zero-order valence-corrected chi connectivity index (χ0v) is 14.3. The monoisotopic (exact) mass is 337 g/mol. The highest BCUT2D eigenvalue weighted by atomic mass is 32.2. The van der Waals surface area contributed by atoms with Crippen LogP contribution in [0.5, 0.6) is 0 Å². The fraction of sp³-hybridized carbons (Fsp3) is 0.588. The molecule has 2 aliphatic heterocycles. The van der Waals surface area contributed by atoms with Gasteiger partial charge in [0.2, 0.25) is 5.91 Å². The lowest BCUT2D eigenvalue weighted by Crippen LogP contribution is -2.32. The zero-order chi connectivity index (χ0) is 16.5. The van der Waals surface area contributed by atoms with Gasteiger partial charge in [0.1, 0.15) is 0 Å². The van der Waals surface area contributed by atoms with Crippen molar-refractivity contribution in [2.75, 3.05) is 19.4 Å². The number of benzene rings is 1. The average Bonchev–Trinajstić information content (AvgIpc) is 2.92. The lowest BCUT2D eigenvalue weighted by atomic mass is 9.92. The Kier molecular flexibility index (Phi) is 4.47. The molecule has 0 bridgehead atoms. The third-order valence-corrected chi connectivity index (χ3v) is 6.02. The van der Waals surface area contributed by atoms with Crippen molar-refractivity contribution in [2.24, 2.45) is 0 Å². The molecule has 6 heteroatoms. The molecule has 0 saturated carbocycles. The van der Waals surface area contributed by atoms with Crippen molar-refractivity contribution < 1.29 is 17.9 Å². The van der Waals surface area contributed by atoms with Crippen LogP contribution in [0.3, 0.4) is 0 Å². The Morgan fingerprint density at radius 2 is 1.91 bits per heavy atom. The summed E-state index contributed by atoms with van der Waals surface area (Å²) in [4.78, 5) is 14.5. The standard InChI is InChI=1S/C17H23NO4S/c1-23(20,21)15-5-3-14(4-6-15)13-18-11-10-17(8-2-12-22-17)9-7-16(18)19/h3-6H,2,7-13H2,1H3. The van der Waals surface area contributed by atoms with Crippen molar-refractivity contribution in [1.82, 2.24) is 4.90 Å². The van der Waals surface area contributed by atoms with Crippen LogP contribution in [0.1, 0.15) is 37.7 Å². The minimum absolute atomic E-state index is 0.0927. The van der Waals surface area contributed by atoms with E-state index in [1.807, 2.05) is 4.90 Å². The number of hydrogen-bond acceptors (Lipinski definition) is 4. The molecule has 0 N–H and O–H groups in total. The summed E-state index contributed by atoms with van der Waals surface area (Å²) in [5.41, 5.74) is 0.860. The number of sulfone groups is 1. The topological polar surface area (TPSA) is 63.7 Å². The van der Waals surface area contributed by atoms with Gasteiger partial charge in [0.15, 0.2) is 9.84 Å². The summed E-state index contributed by atoms with van der Waals surface area (Å²) in [5, 5.41) is 0. The number of amides is 1. The first-order valence-electron chi connectivity index (χ1n) is 8.09. The first kappa shape index (κ1) is 16.5. The fourth-order valence-corrected chi connectivity index (χ4v) is 4.09. The van der Waals surface area contributed by atoms with Crippen LogP contribution in [-0.4, -0.2) is 44.2 Å². The Morgan fingerprint density at radius 3 is 2.52 bits per heavy atom.